The van der Waals surface area contributed by atoms with Crippen molar-refractivity contribution in [2.24, 2.45) is 7.05 Å². The molecule has 0 bridgehead atoms. The topological polar surface area (TPSA) is 66.8 Å². The lowest BCUT2D eigenvalue weighted by Gasteiger charge is -2.22. The van der Waals surface area contributed by atoms with Crippen LogP contribution in [0.5, 0.6) is 0 Å². The van der Waals surface area contributed by atoms with Gasteiger partial charge in [-0.25, -0.2) is 4.98 Å². The number of carbonyl (C=O) groups is 1. The second-order valence-electron chi connectivity index (χ2n) is 5.79. The third-order valence-electron chi connectivity index (χ3n) is 4.16. The fourth-order valence-electron chi connectivity index (χ4n) is 2.98. The molecule has 1 atom stereocenters. The molecule has 2 aromatic rings. The lowest BCUT2D eigenvalue weighted by molar-refractivity contribution is 0.101. The minimum atomic E-state index is 0.111. The molecule has 21 heavy (non-hydrogen) atoms. The predicted octanol–water partition coefficient (Wildman–Crippen LogP) is 1.99. The molecule has 1 N–H and O–H groups in total. The summed E-state index contributed by atoms with van der Waals surface area (Å²) in [7, 11) is 1.99. The summed E-state index contributed by atoms with van der Waals surface area (Å²) < 4.78 is 2.04. The van der Waals surface area contributed by atoms with Gasteiger partial charge in [-0.2, -0.15) is 5.10 Å². The SMILES string of the molecule is CC(=O)c1cc(CN2CCCC2c2n[nH]c(C)n2)n(C)c1. The molecule has 2 aromatic heterocycles. The highest BCUT2D eigenvalue weighted by atomic mass is 16.1. The van der Waals surface area contributed by atoms with Crippen LogP contribution in [0.3, 0.4) is 0 Å². The average Bonchev–Trinajstić information content (AvgIpc) is 3.11. The van der Waals surface area contributed by atoms with Crippen molar-refractivity contribution < 1.29 is 4.79 Å². The van der Waals surface area contributed by atoms with Gasteiger partial charge in [-0.15, -0.1) is 0 Å². The van der Waals surface area contributed by atoms with Crippen LogP contribution in [0, 0.1) is 6.92 Å². The molecule has 6 nitrogen and oxygen atoms in total. The first-order valence-electron chi connectivity index (χ1n) is 7.33. The zero-order chi connectivity index (χ0) is 15.0. The van der Waals surface area contributed by atoms with Gasteiger partial charge in [0.25, 0.3) is 0 Å². The second-order valence-corrected chi connectivity index (χ2v) is 5.79. The van der Waals surface area contributed by atoms with Crippen molar-refractivity contribution in [1.82, 2.24) is 24.6 Å². The van der Waals surface area contributed by atoms with Gasteiger partial charge in [0.2, 0.25) is 0 Å². The lowest BCUT2D eigenvalue weighted by Crippen LogP contribution is -2.24. The van der Waals surface area contributed by atoms with Crippen LogP contribution in [-0.4, -0.2) is 37.0 Å². The lowest BCUT2D eigenvalue weighted by atomic mass is 10.2. The minimum Gasteiger partial charge on any atom is -0.353 e. The number of H-pyrrole nitrogens is 1. The van der Waals surface area contributed by atoms with Crippen LogP contribution in [0.25, 0.3) is 0 Å². The average molecular weight is 287 g/mol. The number of nitrogens with zero attached hydrogens (tertiary/aromatic N) is 4. The first-order valence-corrected chi connectivity index (χ1v) is 7.33. The summed E-state index contributed by atoms with van der Waals surface area (Å²) in [5, 5.41) is 7.23. The summed E-state index contributed by atoms with van der Waals surface area (Å²) in [5.41, 5.74) is 1.93. The number of hydrogen-bond acceptors (Lipinski definition) is 4. The van der Waals surface area contributed by atoms with Crippen LogP contribution < -0.4 is 0 Å². The number of ketones is 1. The van der Waals surface area contributed by atoms with Gasteiger partial charge in [-0.3, -0.25) is 14.8 Å². The molecule has 1 saturated heterocycles. The maximum Gasteiger partial charge on any atom is 0.167 e. The molecule has 1 fully saturated rings. The number of aryl methyl sites for hydroxylation is 2. The maximum atomic E-state index is 11.5. The Morgan fingerprint density at radius 2 is 2.33 bits per heavy atom. The van der Waals surface area contributed by atoms with Gasteiger partial charge in [0.1, 0.15) is 5.82 Å². The molecule has 1 aliphatic rings. The number of likely N-dealkylation sites (tertiary alicyclic amines) is 1. The fraction of sp³-hybridized carbons (Fsp3) is 0.533. The van der Waals surface area contributed by atoms with Crippen molar-refractivity contribution in [2.45, 2.75) is 39.3 Å². The van der Waals surface area contributed by atoms with E-state index in [9.17, 15) is 4.79 Å². The van der Waals surface area contributed by atoms with Gasteiger partial charge in [0.05, 0.1) is 6.04 Å². The number of hydrogen-bond donors (Lipinski definition) is 1. The van der Waals surface area contributed by atoms with Gasteiger partial charge >= 0.3 is 0 Å². The van der Waals surface area contributed by atoms with Crippen molar-refractivity contribution in [1.29, 1.82) is 0 Å². The van der Waals surface area contributed by atoms with E-state index in [2.05, 4.69) is 20.1 Å². The Bertz CT molecular complexity index is 657. The van der Waals surface area contributed by atoms with Gasteiger partial charge < -0.3 is 4.57 Å². The molecule has 0 saturated carbocycles. The number of aromatic nitrogens is 4. The molecular weight excluding hydrogens is 266 g/mol. The van der Waals surface area contributed by atoms with Crippen LogP contribution in [0.1, 0.15) is 53.5 Å². The second kappa shape index (κ2) is 5.44. The molecule has 112 valence electrons. The van der Waals surface area contributed by atoms with Crippen molar-refractivity contribution >= 4 is 5.78 Å². The number of Topliss-reactive ketones (excluding diaryl/α,β-unsaturated/α-hetero) is 1. The molecule has 0 aliphatic carbocycles. The van der Waals surface area contributed by atoms with E-state index >= 15 is 0 Å². The summed E-state index contributed by atoms with van der Waals surface area (Å²) in [6.07, 6.45) is 4.14. The van der Waals surface area contributed by atoms with E-state index < -0.39 is 0 Å². The van der Waals surface area contributed by atoms with E-state index in [1.165, 1.54) is 0 Å². The zero-order valence-corrected chi connectivity index (χ0v) is 12.8. The van der Waals surface area contributed by atoms with Crippen LogP contribution in [-0.2, 0) is 13.6 Å². The van der Waals surface area contributed by atoms with E-state index in [0.29, 0.717) is 0 Å². The van der Waals surface area contributed by atoms with Crippen LogP contribution in [0.2, 0.25) is 0 Å². The molecule has 1 aliphatic heterocycles. The quantitative estimate of drug-likeness (QED) is 0.873. The molecule has 1 unspecified atom stereocenters. The van der Waals surface area contributed by atoms with Crippen molar-refractivity contribution in [3.63, 3.8) is 0 Å². The van der Waals surface area contributed by atoms with Gasteiger partial charge in [-0.1, -0.05) is 0 Å². The maximum absolute atomic E-state index is 11.5. The fourth-order valence-corrected chi connectivity index (χ4v) is 2.98. The van der Waals surface area contributed by atoms with Gasteiger partial charge in [0.15, 0.2) is 11.6 Å². The van der Waals surface area contributed by atoms with Crippen molar-refractivity contribution in [2.75, 3.05) is 6.54 Å². The molecule has 3 rings (SSSR count). The predicted molar refractivity (Wildman–Crippen MR) is 78.9 cm³/mol. The molecular formula is C15H21N5O. The summed E-state index contributed by atoms with van der Waals surface area (Å²) >= 11 is 0. The van der Waals surface area contributed by atoms with Crippen LogP contribution in [0.15, 0.2) is 12.3 Å². The van der Waals surface area contributed by atoms with Gasteiger partial charge in [-0.05, 0) is 39.3 Å². The number of rotatable bonds is 4. The van der Waals surface area contributed by atoms with Crippen LogP contribution >= 0.6 is 0 Å². The largest absolute Gasteiger partial charge is 0.353 e. The Morgan fingerprint density at radius 3 is 2.95 bits per heavy atom. The first kappa shape index (κ1) is 14.0. The molecule has 3 heterocycles. The van der Waals surface area contributed by atoms with E-state index in [4.69, 9.17) is 0 Å². The number of aromatic amines is 1. The molecule has 0 amide bonds. The Morgan fingerprint density at radius 1 is 1.52 bits per heavy atom. The van der Waals surface area contributed by atoms with E-state index in [1.54, 1.807) is 6.92 Å². The summed E-state index contributed by atoms with van der Waals surface area (Å²) in [6, 6.07) is 2.26. The normalized spacial score (nSPS) is 19.3. The monoisotopic (exact) mass is 287 g/mol. The van der Waals surface area contributed by atoms with E-state index in [-0.39, 0.29) is 11.8 Å². The molecule has 6 heteroatoms. The third kappa shape index (κ3) is 2.76. The highest BCUT2D eigenvalue weighted by Gasteiger charge is 2.29. The highest BCUT2D eigenvalue weighted by molar-refractivity contribution is 5.94. The smallest absolute Gasteiger partial charge is 0.167 e. The minimum absolute atomic E-state index is 0.111. The summed E-state index contributed by atoms with van der Waals surface area (Å²) in [4.78, 5) is 18.3. The zero-order valence-electron chi connectivity index (χ0n) is 12.8. The Labute approximate surface area is 124 Å². The Hall–Kier alpha value is -1.95. The highest BCUT2D eigenvalue weighted by Crippen LogP contribution is 2.31. The summed E-state index contributed by atoms with van der Waals surface area (Å²) in [6.45, 7) is 5.39. The standard InChI is InChI=1S/C15H21N5O/c1-10(21)12-7-13(19(3)8-12)9-20-6-4-5-14(20)15-16-11(2)17-18-15/h7-8,14H,4-6,9H2,1-3H3,(H,16,17,18). The number of nitrogens with one attached hydrogen (secondary N) is 1. The molecule has 0 aromatic carbocycles. The number of carbonyl (C=O) groups excluding carboxylic acids is 1. The van der Waals surface area contributed by atoms with E-state index in [1.807, 2.05) is 30.8 Å². The molecule has 0 spiro atoms. The Kier molecular flexibility index (Phi) is 3.63. The van der Waals surface area contributed by atoms with Gasteiger partial charge in [0, 0.05) is 31.0 Å². The van der Waals surface area contributed by atoms with Crippen molar-refractivity contribution in [3.05, 3.63) is 35.2 Å². The Balaban J connectivity index is 1.79. The van der Waals surface area contributed by atoms with Crippen LogP contribution in [0.4, 0.5) is 0 Å². The third-order valence-corrected chi connectivity index (χ3v) is 4.16. The summed E-state index contributed by atoms with van der Waals surface area (Å²) in [5.74, 6) is 1.85. The van der Waals surface area contributed by atoms with E-state index in [0.717, 1.165) is 48.8 Å². The first-order chi connectivity index (χ1) is 10.0. The molecule has 0 radical (unpaired) electrons. The van der Waals surface area contributed by atoms with Crippen molar-refractivity contribution in [3.8, 4) is 0 Å².